The first-order chi connectivity index (χ1) is 13.6. The smallest absolute Gasteiger partial charge is 0.319 e. The monoisotopic (exact) mass is 404 g/mol. The maximum atomic E-state index is 12.3. The van der Waals surface area contributed by atoms with Crippen molar-refractivity contribution < 1.29 is 14.3 Å². The lowest BCUT2D eigenvalue weighted by Gasteiger charge is -2.42. The zero-order chi connectivity index (χ0) is 19.3. The first-order valence-electron chi connectivity index (χ1n) is 10.2. The average molecular weight is 405 g/mol. The SMILES string of the molecule is O=C1Nc2c(Cl)cc3nc(CN4CCC[C@@H]4CO)oc3c2C2(CCCCC2)N1. The summed E-state index contributed by atoms with van der Waals surface area (Å²) < 4.78 is 6.25. The van der Waals surface area contributed by atoms with Crippen molar-refractivity contribution in [3.63, 3.8) is 0 Å². The molecule has 0 unspecified atom stereocenters. The predicted molar refractivity (Wildman–Crippen MR) is 106 cm³/mol. The van der Waals surface area contributed by atoms with Crippen molar-refractivity contribution >= 4 is 34.4 Å². The number of fused-ring (bicyclic) bond motifs is 4. The number of rotatable bonds is 3. The van der Waals surface area contributed by atoms with Crippen LogP contribution in [0.1, 0.15) is 56.4 Å². The van der Waals surface area contributed by atoms with Gasteiger partial charge in [0.15, 0.2) is 5.58 Å². The molecular weight excluding hydrogens is 380 g/mol. The molecule has 3 heterocycles. The Kier molecular flexibility index (Phi) is 4.49. The van der Waals surface area contributed by atoms with Crippen molar-refractivity contribution in [3.05, 3.63) is 22.5 Å². The number of hydrogen-bond acceptors (Lipinski definition) is 5. The minimum Gasteiger partial charge on any atom is -0.439 e. The van der Waals surface area contributed by atoms with Crippen molar-refractivity contribution in [1.29, 1.82) is 0 Å². The van der Waals surface area contributed by atoms with E-state index in [1.54, 1.807) is 6.07 Å². The molecule has 1 saturated carbocycles. The number of carbonyl (C=O) groups excluding carboxylic acids is 1. The van der Waals surface area contributed by atoms with E-state index in [-0.39, 0.29) is 18.7 Å². The third-order valence-electron chi connectivity index (χ3n) is 6.50. The van der Waals surface area contributed by atoms with Gasteiger partial charge in [0.25, 0.3) is 0 Å². The number of aliphatic hydroxyl groups excluding tert-OH is 1. The maximum Gasteiger partial charge on any atom is 0.319 e. The second kappa shape index (κ2) is 6.90. The lowest BCUT2D eigenvalue weighted by molar-refractivity contribution is 0.145. The Hall–Kier alpha value is -1.83. The molecule has 1 aromatic carbocycles. The van der Waals surface area contributed by atoms with Crippen LogP contribution in [0.5, 0.6) is 0 Å². The number of oxazole rings is 1. The Morgan fingerprint density at radius 3 is 2.93 bits per heavy atom. The van der Waals surface area contributed by atoms with Gasteiger partial charge in [-0.3, -0.25) is 4.90 Å². The Labute approximate surface area is 168 Å². The Bertz CT molecular complexity index is 922. The second-order valence-electron chi connectivity index (χ2n) is 8.24. The van der Waals surface area contributed by atoms with Crippen molar-refractivity contribution in [2.75, 3.05) is 18.5 Å². The summed E-state index contributed by atoms with van der Waals surface area (Å²) in [5, 5.41) is 16.1. The molecule has 1 spiro atoms. The number of urea groups is 1. The van der Waals surface area contributed by atoms with E-state index >= 15 is 0 Å². The van der Waals surface area contributed by atoms with E-state index in [1.165, 1.54) is 6.42 Å². The van der Waals surface area contributed by atoms with Crippen LogP contribution in [0.4, 0.5) is 10.5 Å². The van der Waals surface area contributed by atoms with Crippen molar-refractivity contribution in [2.24, 2.45) is 0 Å². The molecule has 8 heteroatoms. The summed E-state index contributed by atoms with van der Waals surface area (Å²) in [4.78, 5) is 19.2. The summed E-state index contributed by atoms with van der Waals surface area (Å²) >= 11 is 6.55. The highest BCUT2D eigenvalue weighted by Gasteiger charge is 2.44. The molecule has 3 aliphatic rings. The van der Waals surface area contributed by atoms with E-state index in [2.05, 4.69) is 15.5 Å². The molecule has 28 heavy (non-hydrogen) atoms. The van der Waals surface area contributed by atoms with Gasteiger partial charge in [-0.15, -0.1) is 0 Å². The first kappa shape index (κ1) is 18.2. The Balaban J connectivity index is 1.60. The van der Waals surface area contributed by atoms with Crippen LogP contribution in [0.2, 0.25) is 5.02 Å². The fourth-order valence-electron chi connectivity index (χ4n) is 5.17. The van der Waals surface area contributed by atoms with Crippen LogP contribution in [0.3, 0.4) is 0 Å². The van der Waals surface area contributed by atoms with Crippen LogP contribution in [0.25, 0.3) is 11.1 Å². The van der Waals surface area contributed by atoms with Gasteiger partial charge in [-0.25, -0.2) is 9.78 Å². The third-order valence-corrected chi connectivity index (χ3v) is 6.80. The molecule has 1 atom stereocenters. The van der Waals surface area contributed by atoms with E-state index in [0.717, 1.165) is 56.1 Å². The average Bonchev–Trinajstić information content (AvgIpc) is 3.28. The standard InChI is InChI=1S/C20H25ClN4O3/c21-13-9-14-18(28-15(22-14)10-25-8-4-5-12(25)11-26)16-17(13)23-19(27)24-20(16)6-2-1-3-7-20/h9,12,26H,1-8,10-11H2,(H2,23,24,27)/t12-/m1/s1. The summed E-state index contributed by atoms with van der Waals surface area (Å²) in [5.41, 5.74) is 2.58. The summed E-state index contributed by atoms with van der Waals surface area (Å²) in [6.07, 6.45) is 7.10. The summed E-state index contributed by atoms with van der Waals surface area (Å²) in [6.45, 7) is 1.66. The van der Waals surface area contributed by atoms with Crippen molar-refractivity contribution in [1.82, 2.24) is 15.2 Å². The van der Waals surface area contributed by atoms with Gasteiger partial charge in [0.1, 0.15) is 5.52 Å². The summed E-state index contributed by atoms with van der Waals surface area (Å²) in [5.74, 6) is 0.627. The van der Waals surface area contributed by atoms with Gasteiger partial charge in [-0.05, 0) is 38.3 Å². The minimum atomic E-state index is -0.447. The van der Waals surface area contributed by atoms with Gasteiger partial charge >= 0.3 is 6.03 Å². The van der Waals surface area contributed by atoms with Crippen molar-refractivity contribution in [2.45, 2.75) is 63.1 Å². The van der Waals surface area contributed by atoms with Crippen LogP contribution in [0.15, 0.2) is 10.5 Å². The molecule has 7 nitrogen and oxygen atoms in total. The summed E-state index contributed by atoms with van der Waals surface area (Å²) in [6, 6.07) is 1.73. The van der Waals surface area contributed by atoms with E-state index in [9.17, 15) is 9.90 Å². The van der Waals surface area contributed by atoms with Gasteiger partial charge in [-0.1, -0.05) is 30.9 Å². The highest BCUT2D eigenvalue weighted by Crippen LogP contribution is 2.48. The molecule has 150 valence electrons. The highest BCUT2D eigenvalue weighted by molar-refractivity contribution is 6.35. The van der Waals surface area contributed by atoms with E-state index in [4.69, 9.17) is 21.0 Å². The third kappa shape index (κ3) is 2.88. The molecule has 0 bridgehead atoms. The fraction of sp³-hybridized carbons (Fsp3) is 0.600. The number of halogens is 1. The normalized spacial score (nSPS) is 24.4. The van der Waals surface area contributed by atoms with Crippen LogP contribution >= 0.6 is 11.6 Å². The summed E-state index contributed by atoms with van der Waals surface area (Å²) in [7, 11) is 0. The Morgan fingerprint density at radius 2 is 2.14 bits per heavy atom. The number of hydrogen-bond donors (Lipinski definition) is 3. The molecule has 2 fully saturated rings. The van der Waals surface area contributed by atoms with Gasteiger partial charge in [0, 0.05) is 11.6 Å². The number of nitrogens with one attached hydrogen (secondary N) is 2. The number of amides is 2. The molecule has 1 aliphatic carbocycles. The lowest BCUT2D eigenvalue weighted by atomic mass is 9.74. The quantitative estimate of drug-likeness (QED) is 0.725. The van der Waals surface area contributed by atoms with Gasteiger partial charge in [0.2, 0.25) is 5.89 Å². The minimum absolute atomic E-state index is 0.153. The zero-order valence-electron chi connectivity index (χ0n) is 15.8. The first-order valence-corrected chi connectivity index (χ1v) is 10.5. The van der Waals surface area contributed by atoms with Crippen LogP contribution in [0, 0.1) is 0 Å². The highest BCUT2D eigenvalue weighted by atomic mass is 35.5. The molecule has 5 rings (SSSR count). The number of aromatic nitrogens is 1. The van der Waals surface area contributed by atoms with E-state index in [1.807, 2.05) is 0 Å². The predicted octanol–water partition coefficient (Wildman–Crippen LogP) is 3.73. The molecule has 1 aromatic heterocycles. The van der Waals surface area contributed by atoms with Gasteiger partial charge < -0.3 is 20.2 Å². The molecular formula is C20H25ClN4O3. The number of anilines is 1. The second-order valence-corrected chi connectivity index (χ2v) is 8.64. The number of benzene rings is 1. The van der Waals surface area contributed by atoms with Crippen LogP contribution < -0.4 is 10.6 Å². The molecule has 2 aliphatic heterocycles. The van der Waals surface area contributed by atoms with E-state index in [0.29, 0.717) is 28.7 Å². The van der Waals surface area contributed by atoms with Crippen molar-refractivity contribution in [3.8, 4) is 0 Å². The van der Waals surface area contributed by atoms with Gasteiger partial charge in [-0.2, -0.15) is 0 Å². The fourth-order valence-corrected chi connectivity index (χ4v) is 5.41. The van der Waals surface area contributed by atoms with Gasteiger partial charge in [0.05, 0.1) is 29.4 Å². The Morgan fingerprint density at radius 1 is 1.32 bits per heavy atom. The topological polar surface area (TPSA) is 90.6 Å². The number of aliphatic hydroxyl groups is 1. The molecule has 3 N–H and O–H groups in total. The lowest BCUT2D eigenvalue weighted by Crippen LogP contribution is -2.52. The maximum absolute atomic E-state index is 12.3. The van der Waals surface area contributed by atoms with Crippen LogP contribution in [-0.2, 0) is 12.1 Å². The van der Waals surface area contributed by atoms with E-state index < -0.39 is 5.54 Å². The number of carbonyl (C=O) groups is 1. The van der Waals surface area contributed by atoms with Crippen LogP contribution in [-0.4, -0.2) is 40.2 Å². The molecule has 1 saturated heterocycles. The molecule has 2 amide bonds. The number of nitrogens with zero attached hydrogens (tertiary/aromatic N) is 2. The zero-order valence-corrected chi connectivity index (χ0v) is 16.5. The largest absolute Gasteiger partial charge is 0.439 e. The molecule has 2 aromatic rings. The number of likely N-dealkylation sites (tertiary alicyclic amines) is 1. The molecule has 0 radical (unpaired) electrons.